The van der Waals surface area contributed by atoms with Crippen molar-refractivity contribution in [2.45, 2.75) is 12.5 Å². The first-order valence-electron chi connectivity index (χ1n) is 9.44. The van der Waals surface area contributed by atoms with Gasteiger partial charge < -0.3 is 18.6 Å². The molecule has 0 radical (unpaired) electrons. The van der Waals surface area contributed by atoms with E-state index in [1.54, 1.807) is 6.07 Å². The van der Waals surface area contributed by atoms with Crippen molar-refractivity contribution in [1.82, 2.24) is 9.88 Å². The fourth-order valence-corrected chi connectivity index (χ4v) is 3.83. The van der Waals surface area contributed by atoms with Crippen LogP contribution in [0.4, 0.5) is 5.69 Å². The molecule has 1 unspecified atom stereocenters. The molecule has 0 amide bonds. The average Bonchev–Trinajstić information content (AvgIpc) is 3.34. The summed E-state index contributed by atoms with van der Waals surface area (Å²) in [5.41, 5.74) is 2.92. The fraction of sp³-hybridized carbons (Fsp3) is 0.273. The van der Waals surface area contributed by atoms with Gasteiger partial charge in [0.1, 0.15) is 16.7 Å². The van der Waals surface area contributed by atoms with Crippen LogP contribution in [-0.4, -0.2) is 43.1 Å². The lowest BCUT2D eigenvalue weighted by Gasteiger charge is -2.21. The lowest BCUT2D eigenvalue weighted by molar-refractivity contribution is 0.315. The maximum Gasteiger partial charge on any atom is 0.349 e. The summed E-state index contributed by atoms with van der Waals surface area (Å²) in [6.45, 7) is 1.98. The van der Waals surface area contributed by atoms with Crippen LogP contribution in [0.2, 0.25) is 0 Å². The third-order valence-electron chi connectivity index (χ3n) is 5.50. The molecule has 142 valence electrons. The summed E-state index contributed by atoms with van der Waals surface area (Å²) < 4.78 is 11.4. The van der Waals surface area contributed by atoms with Gasteiger partial charge in [-0.3, -0.25) is 0 Å². The van der Waals surface area contributed by atoms with E-state index in [1.165, 1.54) is 0 Å². The Bertz CT molecular complexity index is 1190. The molecule has 3 heterocycles. The first kappa shape index (κ1) is 17.0. The SMILES string of the molecule is CN(C)C1CCN(c2ccc3cc(-c4nc5ccccc5o4)c(=O)oc3c2)C1. The first-order chi connectivity index (χ1) is 13.6. The maximum absolute atomic E-state index is 12.6. The second-order valence-electron chi connectivity index (χ2n) is 7.51. The quantitative estimate of drug-likeness (QED) is 0.508. The van der Waals surface area contributed by atoms with Crippen LogP contribution in [0.5, 0.6) is 0 Å². The Morgan fingerprint density at radius 1 is 1.07 bits per heavy atom. The molecule has 5 rings (SSSR count). The van der Waals surface area contributed by atoms with E-state index in [4.69, 9.17) is 8.83 Å². The highest BCUT2D eigenvalue weighted by Gasteiger charge is 2.24. The Hall–Kier alpha value is -3.12. The Labute approximate surface area is 162 Å². The van der Waals surface area contributed by atoms with Gasteiger partial charge in [-0.05, 0) is 50.8 Å². The third kappa shape index (κ3) is 2.86. The molecule has 1 fully saturated rings. The predicted octanol–water partition coefficient (Wildman–Crippen LogP) is 3.74. The number of para-hydroxylation sites is 2. The summed E-state index contributed by atoms with van der Waals surface area (Å²) in [6, 6.07) is 15.8. The van der Waals surface area contributed by atoms with Crippen molar-refractivity contribution in [2.24, 2.45) is 0 Å². The van der Waals surface area contributed by atoms with Crippen molar-refractivity contribution in [2.75, 3.05) is 32.1 Å². The maximum atomic E-state index is 12.6. The molecule has 0 aliphatic carbocycles. The van der Waals surface area contributed by atoms with E-state index < -0.39 is 5.63 Å². The van der Waals surface area contributed by atoms with Gasteiger partial charge >= 0.3 is 5.63 Å². The highest BCUT2D eigenvalue weighted by atomic mass is 16.4. The number of hydrogen-bond acceptors (Lipinski definition) is 6. The number of oxazole rings is 1. The number of rotatable bonds is 3. The van der Waals surface area contributed by atoms with Crippen molar-refractivity contribution >= 4 is 27.8 Å². The van der Waals surface area contributed by atoms with Gasteiger partial charge in [-0.25, -0.2) is 9.78 Å². The van der Waals surface area contributed by atoms with Crippen LogP contribution in [0.1, 0.15) is 6.42 Å². The highest BCUT2D eigenvalue weighted by Crippen LogP contribution is 2.28. The molecule has 2 aromatic carbocycles. The number of nitrogens with zero attached hydrogens (tertiary/aromatic N) is 3. The molecule has 0 saturated carbocycles. The van der Waals surface area contributed by atoms with E-state index in [0.29, 0.717) is 22.8 Å². The van der Waals surface area contributed by atoms with Gasteiger partial charge in [0.05, 0.1) is 0 Å². The largest absolute Gasteiger partial charge is 0.436 e. The van der Waals surface area contributed by atoms with Gasteiger partial charge in [0.15, 0.2) is 5.58 Å². The molecular formula is C22H21N3O3. The van der Waals surface area contributed by atoms with Crippen molar-refractivity contribution in [3.05, 3.63) is 59.0 Å². The normalized spacial score (nSPS) is 17.2. The molecule has 6 nitrogen and oxygen atoms in total. The molecule has 28 heavy (non-hydrogen) atoms. The lowest BCUT2D eigenvalue weighted by atomic mass is 10.1. The number of anilines is 1. The second kappa shape index (κ2) is 6.49. The molecule has 1 atom stereocenters. The van der Waals surface area contributed by atoms with E-state index in [2.05, 4.69) is 34.9 Å². The summed E-state index contributed by atoms with van der Waals surface area (Å²) in [7, 11) is 4.22. The monoisotopic (exact) mass is 375 g/mol. The Morgan fingerprint density at radius 2 is 1.93 bits per heavy atom. The van der Waals surface area contributed by atoms with Crippen LogP contribution in [0.15, 0.2) is 62.2 Å². The number of aromatic nitrogens is 1. The summed E-state index contributed by atoms with van der Waals surface area (Å²) in [5.74, 6) is 0.286. The van der Waals surface area contributed by atoms with Crippen molar-refractivity contribution < 1.29 is 8.83 Å². The van der Waals surface area contributed by atoms with E-state index in [9.17, 15) is 4.79 Å². The number of benzene rings is 2. The lowest BCUT2D eigenvalue weighted by Crippen LogP contribution is -2.31. The molecular weight excluding hydrogens is 354 g/mol. The Balaban J connectivity index is 1.52. The molecule has 0 bridgehead atoms. The van der Waals surface area contributed by atoms with Crippen molar-refractivity contribution in [3.63, 3.8) is 0 Å². The molecule has 0 spiro atoms. The van der Waals surface area contributed by atoms with Crippen molar-refractivity contribution in [1.29, 1.82) is 0 Å². The van der Waals surface area contributed by atoms with Gasteiger partial charge in [-0.1, -0.05) is 12.1 Å². The average molecular weight is 375 g/mol. The molecule has 1 saturated heterocycles. The molecule has 6 heteroatoms. The van der Waals surface area contributed by atoms with Crippen LogP contribution < -0.4 is 10.5 Å². The van der Waals surface area contributed by atoms with Gasteiger partial charge in [0.25, 0.3) is 0 Å². The van der Waals surface area contributed by atoms with Crippen LogP contribution in [-0.2, 0) is 0 Å². The summed E-state index contributed by atoms with van der Waals surface area (Å²) in [6.07, 6.45) is 1.13. The minimum absolute atomic E-state index is 0.286. The first-order valence-corrected chi connectivity index (χ1v) is 9.44. The van der Waals surface area contributed by atoms with E-state index in [-0.39, 0.29) is 5.89 Å². The van der Waals surface area contributed by atoms with Crippen LogP contribution in [0.3, 0.4) is 0 Å². The summed E-state index contributed by atoms with van der Waals surface area (Å²) in [5, 5.41) is 0.851. The Kier molecular flexibility index (Phi) is 3.94. The summed E-state index contributed by atoms with van der Waals surface area (Å²) >= 11 is 0. The zero-order valence-electron chi connectivity index (χ0n) is 15.9. The third-order valence-corrected chi connectivity index (χ3v) is 5.50. The smallest absolute Gasteiger partial charge is 0.349 e. The zero-order valence-corrected chi connectivity index (χ0v) is 15.9. The van der Waals surface area contributed by atoms with Crippen LogP contribution >= 0.6 is 0 Å². The summed E-state index contributed by atoms with van der Waals surface area (Å²) in [4.78, 5) is 21.6. The number of fused-ring (bicyclic) bond motifs is 2. The Morgan fingerprint density at radius 3 is 2.71 bits per heavy atom. The van der Waals surface area contributed by atoms with Crippen LogP contribution in [0.25, 0.3) is 33.5 Å². The van der Waals surface area contributed by atoms with Gasteiger partial charge in [-0.15, -0.1) is 0 Å². The van der Waals surface area contributed by atoms with E-state index in [0.717, 1.165) is 36.1 Å². The molecule has 4 aromatic rings. The zero-order chi connectivity index (χ0) is 19.3. The van der Waals surface area contributed by atoms with E-state index in [1.807, 2.05) is 36.4 Å². The fourth-order valence-electron chi connectivity index (χ4n) is 3.83. The topological polar surface area (TPSA) is 62.7 Å². The van der Waals surface area contributed by atoms with Gasteiger partial charge in [-0.2, -0.15) is 0 Å². The second-order valence-corrected chi connectivity index (χ2v) is 7.51. The standard InChI is InChI=1S/C22H21N3O3/c1-24(2)16-9-10-25(13-16)15-8-7-14-11-17(22(26)28-20(14)12-15)21-23-18-5-3-4-6-19(18)27-21/h3-8,11-12,16H,9-10,13H2,1-2H3. The molecule has 1 aliphatic rings. The number of hydrogen-bond donors (Lipinski definition) is 0. The van der Waals surface area contributed by atoms with Gasteiger partial charge in [0, 0.05) is 36.3 Å². The molecule has 1 aliphatic heterocycles. The predicted molar refractivity (Wildman–Crippen MR) is 110 cm³/mol. The van der Waals surface area contributed by atoms with Crippen molar-refractivity contribution in [3.8, 4) is 11.5 Å². The van der Waals surface area contributed by atoms with Crippen LogP contribution in [0, 0.1) is 0 Å². The molecule has 0 N–H and O–H groups in total. The highest BCUT2D eigenvalue weighted by molar-refractivity contribution is 5.84. The minimum Gasteiger partial charge on any atom is -0.436 e. The minimum atomic E-state index is -0.441. The number of likely N-dealkylation sites (N-methyl/N-ethyl adjacent to an activating group) is 1. The van der Waals surface area contributed by atoms with Gasteiger partial charge in [0.2, 0.25) is 5.89 Å². The van der Waals surface area contributed by atoms with E-state index >= 15 is 0 Å². The molecule has 2 aromatic heterocycles.